The lowest BCUT2D eigenvalue weighted by Crippen LogP contribution is -2.43. The molecule has 1 amide bonds. The van der Waals surface area contributed by atoms with Gasteiger partial charge in [-0.3, -0.25) is 4.79 Å². The highest BCUT2D eigenvalue weighted by Crippen LogP contribution is 2.28. The van der Waals surface area contributed by atoms with Crippen molar-refractivity contribution in [3.8, 4) is 0 Å². The van der Waals surface area contributed by atoms with Crippen molar-refractivity contribution >= 4 is 34.8 Å². The largest absolute Gasteiger partial charge is 0.395 e. The Balaban J connectivity index is 2.97. The van der Waals surface area contributed by atoms with E-state index in [2.05, 4.69) is 10.3 Å². The zero-order chi connectivity index (χ0) is 14.1. The smallest absolute Gasteiger partial charge is 0.255 e. The Morgan fingerprint density at radius 2 is 2.06 bits per heavy atom. The summed E-state index contributed by atoms with van der Waals surface area (Å²) >= 11 is 11.5. The van der Waals surface area contributed by atoms with E-state index in [1.54, 1.807) is 20.8 Å². The number of aromatic nitrogens is 1. The zero-order valence-corrected chi connectivity index (χ0v) is 11.8. The molecule has 1 rings (SSSR count). The van der Waals surface area contributed by atoms with Gasteiger partial charge in [0.05, 0.1) is 16.4 Å². The standard InChI is InChI=1S/C11H15Cl2N3O2/c1-11(2,3)16-10(18)8(17)6-4-5(12)7(14)9(13)15-6/h4,8,17H,14H2,1-3H3,(H,16,18). The number of aliphatic hydroxyl groups excluding tert-OH is 1. The SMILES string of the molecule is CC(C)(C)NC(=O)C(O)c1cc(Cl)c(N)c(Cl)n1. The van der Waals surface area contributed by atoms with Crippen molar-refractivity contribution in [1.82, 2.24) is 10.3 Å². The molecule has 0 aliphatic heterocycles. The Labute approximate surface area is 115 Å². The summed E-state index contributed by atoms with van der Waals surface area (Å²) in [5.74, 6) is -0.577. The van der Waals surface area contributed by atoms with Gasteiger partial charge >= 0.3 is 0 Å². The molecule has 0 bridgehead atoms. The molecule has 1 heterocycles. The third-order valence-electron chi connectivity index (χ3n) is 2.01. The first-order valence-electron chi connectivity index (χ1n) is 5.23. The molecule has 1 unspecified atom stereocenters. The van der Waals surface area contributed by atoms with Crippen molar-refractivity contribution in [3.63, 3.8) is 0 Å². The number of anilines is 1. The van der Waals surface area contributed by atoms with Crippen LogP contribution in [0.1, 0.15) is 32.6 Å². The van der Waals surface area contributed by atoms with E-state index in [1.807, 2.05) is 0 Å². The molecule has 5 nitrogen and oxygen atoms in total. The molecule has 0 spiro atoms. The van der Waals surface area contributed by atoms with Crippen LogP contribution in [0, 0.1) is 0 Å². The first-order chi connectivity index (χ1) is 8.11. The number of carbonyl (C=O) groups excluding carboxylic acids is 1. The van der Waals surface area contributed by atoms with Gasteiger partial charge in [-0.1, -0.05) is 23.2 Å². The maximum Gasteiger partial charge on any atom is 0.255 e. The summed E-state index contributed by atoms with van der Waals surface area (Å²) in [7, 11) is 0. The number of hydrogen-bond donors (Lipinski definition) is 3. The van der Waals surface area contributed by atoms with E-state index >= 15 is 0 Å². The van der Waals surface area contributed by atoms with Crippen molar-refractivity contribution in [3.05, 3.63) is 21.9 Å². The van der Waals surface area contributed by atoms with Crippen molar-refractivity contribution in [2.75, 3.05) is 5.73 Å². The van der Waals surface area contributed by atoms with Crippen LogP contribution in [0.15, 0.2) is 6.07 Å². The molecule has 1 aromatic heterocycles. The second kappa shape index (κ2) is 5.30. The summed E-state index contributed by atoms with van der Waals surface area (Å²) in [4.78, 5) is 15.6. The maximum atomic E-state index is 11.7. The first-order valence-corrected chi connectivity index (χ1v) is 5.99. The molecule has 0 fully saturated rings. The first kappa shape index (κ1) is 15.0. The van der Waals surface area contributed by atoms with Crippen LogP contribution in [-0.2, 0) is 4.79 Å². The van der Waals surface area contributed by atoms with Gasteiger partial charge in [-0.2, -0.15) is 0 Å². The van der Waals surface area contributed by atoms with Gasteiger partial charge in [0.1, 0.15) is 0 Å². The van der Waals surface area contributed by atoms with Crippen LogP contribution in [0.3, 0.4) is 0 Å². The Hall–Kier alpha value is -1.04. The number of halogens is 2. The van der Waals surface area contributed by atoms with Crippen LogP contribution in [0.4, 0.5) is 5.69 Å². The Bertz CT molecular complexity index is 449. The van der Waals surface area contributed by atoms with Gasteiger partial charge in [0.25, 0.3) is 5.91 Å². The number of amides is 1. The van der Waals surface area contributed by atoms with Gasteiger partial charge < -0.3 is 16.2 Å². The van der Waals surface area contributed by atoms with Crippen LogP contribution < -0.4 is 11.1 Å². The van der Waals surface area contributed by atoms with Crippen LogP contribution in [-0.4, -0.2) is 21.5 Å². The predicted molar refractivity (Wildman–Crippen MR) is 71.5 cm³/mol. The summed E-state index contributed by atoms with van der Waals surface area (Å²) in [6.07, 6.45) is -1.44. The quantitative estimate of drug-likeness (QED) is 0.727. The lowest BCUT2D eigenvalue weighted by atomic mass is 10.1. The molecule has 1 atom stereocenters. The number of nitrogen functional groups attached to an aromatic ring is 1. The number of hydrogen-bond acceptors (Lipinski definition) is 4. The average Bonchev–Trinajstić information content (AvgIpc) is 2.21. The minimum Gasteiger partial charge on any atom is -0.395 e. The number of nitrogens with zero attached hydrogens (tertiary/aromatic N) is 1. The second-order valence-corrected chi connectivity index (χ2v) is 5.64. The zero-order valence-electron chi connectivity index (χ0n) is 10.3. The number of nitrogens with one attached hydrogen (secondary N) is 1. The molecule has 0 saturated heterocycles. The number of aliphatic hydroxyl groups is 1. The van der Waals surface area contributed by atoms with E-state index < -0.39 is 17.6 Å². The third-order valence-corrected chi connectivity index (χ3v) is 2.61. The number of pyridine rings is 1. The van der Waals surface area contributed by atoms with Gasteiger partial charge in [0, 0.05) is 5.54 Å². The predicted octanol–water partition coefficient (Wildman–Crippen LogP) is 1.92. The van der Waals surface area contributed by atoms with Gasteiger partial charge in [0.15, 0.2) is 11.3 Å². The molecule has 0 aliphatic carbocycles. The number of nitrogens with two attached hydrogens (primary N) is 1. The Kier molecular flexibility index (Phi) is 4.42. The lowest BCUT2D eigenvalue weighted by Gasteiger charge is -2.22. The molecular weight excluding hydrogens is 277 g/mol. The van der Waals surface area contributed by atoms with Crippen molar-refractivity contribution in [1.29, 1.82) is 0 Å². The second-order valence-electron chi connectivity index (χ2n) is 4.88. The minimum atomic E-state index is -1.44. The molecular formula is C11H15Cl2N3O2. The van der Waals surface area contributed by atoms with Gasteiger partial charge in [-0.15, -0.1) is 0 Å². The summed E-state index contributed by atoms with van der Waals surface area (Å²) in [6, 6.07) is 1.32. The summed E-state index contributed by atoms with van der Waals surface area (Å²) in [5.41, 5.74) is 5.23. The Morgan fingerprint density at radius 3 is 2.50 bits per heavy atom. The van der Waals surface area contributed by atoms with Crippen LogP contribution in [0.25, 0.3) is 0 Å². The topological polar surface area (TPSA) is 88.2 Å². The fourth-order valence-electron chi connectivity index (χ4n) is 1.22. The highest BCUT2D eigenvalue weighted by atomic mass is 35.5. The fraction of sp³-hybridized carbons (Fsp3) is 0.455. The van der Waals surface area contributed by atoms with Gasteiger partial charge in [-0.05, 0) is 26.8 Å². The van der Waals surface area contributed by atoms with Crippen LogP contribution >= 0.6 is 23.2 Å². The van der Waals surface area contributed by atoms with Gasteiger partial charge in [-0.25, -0.2) is 4.98 Å². The highest BCUT2D eigenvalue weighted by molar-refractivity contribution is 6.38. The molecule has 0 radical (unpaired) electrons. The van der Waals surface area contributed by atoms with E-state index in [0.717, 1.165) is 0 Å². The third kappa shape index (κ3) is 3.73. The maximum absolute atomic E-state index is 11.7. The molecule has 100 valence electrons. The van der Waals surface area contributed by atoms with E-state index in [0.29, 0.717) is 0 Å². The summed E-state index contributed by atoms with van der Waals surface area (Å²) < 4.78 is 0. The molecule has 0 saturated carbocycles. The normalized spacial score (nSPS) is 13.2. The van der Waals surface area contributed by atoms with Crippen LogP contribution in [0.5, 0.6) is 0 Å². The molecule has 4 N–H and O–H groups in total. The van der Waals surface area contributed by atoms with Crippen molar-refractivity contribution < 1.29 is 9.90 Å². The summed E-state index contributed by atoms with van der Waals surface area (Å²) in [5, 5.41) is 12.6. The lowest BCUT2D eigenvalue weighted by molar-refractivity contribution is -0.131. The molecule has 0 aliphatic rings. The number of carbonyl (C=O) groups is 1. The van der Waals surface area contributed by atoms with E-state index in [-0.39, 0.29) is 21.6 Å². The average molecular weight is 292 g/mol. The highest BCUT2D eigenvalue weighted by Gasteiger charge is 2.24. The molecule has 7 heteroatoms. The van der Waals surface area contributed by atoms with E-state index in [4.69, 9.17) is 28.9 Å². The van der Waals surface area contributed by atoms with E-state index in [1.165, 1.54) is 6.07 Å². The monoisotopic (exact) mass is 291 g/mol. The van der Waals surface area contributed by atoms with Crippen molar-refractivity contribution in [2.45, 2.75) is 32.4 Å². The van der Waals surface area contributed by atoms with Crippen LogP contribution in [0.2, 0.25) is 10.2 Å². The minimum absolute atomic E-state index is 0.0416. The van der Waals surface area contributed by atoms with Crippen molar-refractivity contribution in [2.24, 2.45) is 0 Å². The molecule has 18 heavy (non-hydrogen) atoms. The molecule has 1 aromatic rings. The summed E-state index contributed by atoms with van der Waals surface area (Å²) in [6.45, 7) is 5.40. The van der Waals surface area contributed by atoms with E-state index in [9.17, 15) is 9.90 Å². The van der Waals surface area contributed by atoms with Gasteiger partial charge in [0.2, 0.25) is 0 Å². The molecule has 0 aromatic carbocycles. The fourth-order valence-corrected chi connectivity index (χ4v) is 1.67. The number of rotatable bonds is 2. The Morgan fingerprint density at radius 1 is 1.50 bits per heavy atom.